The van der Waals surface area contributed by atoms with Crippen LogP contribution in [-0.4, -0.2) is 17.8 Å². The number of fused-ring (bicyclic) bond motifs is 1. The molecule has 2 aromatic carbocycles. The molecule has 134 valence electrons. The van der Waals surface area contributed by atoms with Crippen LogP contribution in [0.2, 0.25) is 0 Å². The second-order valence-corrected chi connectivity index (χ2v) is 6.86. The molecule has 27 heavy (non-hydrogen) atoms. The SMILES string of the molecule is COc1ccc(-c2ccc(C=C3Sc4ccccc4C3=O)o2)c([N+](=O)[O-])c1. The number of nitrogens with zero attached hydrogens (tertiary/aromatic N) is 1. The molecule has 0 spiro atoms. The van der Waals surface area contributed by atoms with Crippen molar-refractivity contribution in [2.45, 2.75) is 4.90 Å². The molecule has 7 heteroatoms. The van der Waals surface area contributed by atoms with E-state index in [-0.39, 0.29) is 11.5 Å². The standard InChI is InChI=1S/C20H13NO5S/c1-25-12-6-8-14(16(10-12)21(23)24)17-9-7-13(26-17)11-19-20(22)15-4-2-3-5-18(15)27-19/h2-11H,1H3. The molecule has 0 atom stereocenters. The molecule has 0 N–H and O–H groups in total. The van der Waals surface area contributed by atoms with Crippen LogP contribution in [0.1, 0.15) is 16.1 Å². The molecule has 0 aliphatic carbocycles. The lowest BCUT2D eigenvalue weighted by molar-refractivity contribution is -0.384. The average molecular weight is 379 g/mol. The molecule has 6 nitrogen and oxygen atoms in total. The molecule has 0 fully saturated rings. The molecule has 1 aromatic heterocycles. The zero-order valence-corrected chi connectivity index (χ0v) is 15.0. The number of allylic oxidation sites excluding steroid dienone is 1. The summed E-state index contributed by atoms with van der Waals surface area (Å²) in [4.78, 5) is 24.8. The van der Waals surface area contributed by atoms with Gasteiger partial charge in [0.2, 0.25) is 5.78 Å². The molecule has 0 radical (unpaired) electrons. The van der Waals surface area contributed by atoms with Crippen LogP contribution in [0.3, 0.4) is 0 Å². The van der Waals surface area contributed by atoms with Crippen LogP contribution in [0.15, 0.2) is 68.8 Å². The maximum Gasteiger partial charge on any atom is 0.284 e. The predicted octanol–water partition coefficient (Wildman–Crippen LogP) is 5.19. The first kappa shape index (κ1) is 17.1. The van der Waals surface area contributed by atoms with Gasteiger partial charge in [0.15, 0.2) is 0 Å². The fourth-order valence-electron chi connectivity index (χ4n) is 2.84. The first-order valence-electron chi connectivity index (χ1n) is 8.03. The number of hydrogen-bond donors (Lipinski definition) is 0. The van der Waals surface area contributed by atoms with Gasteiger partial charge in [0.05, 0.1) is 28.6 Å². The molecular weight excluding hydrogens is 366 g/mol. The normalized spacial score (nSPS) is 14.4. The maximum atomic E-state index is 12.5. The molecule has 0 amide bonds. The lowest BCUT2D eigenvalue weighted by Crippen LogP contribution is -1.93. The van der Waals surface area contributed by atoms with E-state index < -0.39 is 4.92 Å². The van der Waals surface area contributed by atoms with Crippen molar-refractivity contribution < 1.29 is 18.9 Å². The molecule has 0 saturated carbocycles. The summed E-state index contributed by atoms with van der Waals surface area (Å²) in [6.07, 6.45) is 1.66. The highest BCUT2D eigenvalue weighted by molar-refractivity contribution is 8.04. The number of carbonyl (C=O) groups excluding carboxylic acids is 1. The van der Waals surface area contributed by atoms with Gasteiger partial charge in [-0.25, -0.2) is 0 Å². The minimum absolute atomic E-state index is 0.0519. The summed E-state index contributed by atoms with van der Waals surface area (Å²) in [7, 11) is 1.45. The second-order valence-electron chi connectivity index (χ2n) is 5.78. The number of ketones is 1. The van der Waals surface area contributed by atoms with Gasteiger partial charge in [-0.05, 0) is 42.5 Å². The smallest absolute Gasteiger partial charge is 0.284 e. The first-order chi connectivity index (χ1) is 13.1. The number of methoxy groups -OCH3 is 1. The summed E-state index contributed by atoms with van der Waals surface area (Å²) in [5, 5.41) is 11.4. The van der Waals surface area contributed by atoms with Gasteiger partial charge in [0, 0.05) is 10.5 Å². The van der Waals surface area contributed by atoms with Crippen LogP contribution in [0.4, 0.5) is 5.69 Å². The highest BCUT2D eigenvalue weighted by Crippen LogP contribution is 2.41. The number of nitro groups is 1. The highest BCUT2D eigenvalue weighted by Gasteiger charge is 2.26. The Labute approximate surface area is 158 Å². The van der Waals surface area contributed by atoms with Gasteiger partial charge in [-0.2, -0.15) is 0 Å². The number of ether oxygens (including phenoxy) is 1. The zero-order chi connectivity index (χ0) is 19.0. The van der Waals surface area contributed by atoms with Crippen molar-refractivity contribution in [3.05, 3.63) is 80.9 Å². The van der Waals surface area contributed by atoms with Crippen molar-refractivity contribution in [3.63, 3.8) is 0 Å². The van der Waals surface area contributed by atoms with E-state index in [4.69, 9.17) is 9.15 Å². The lowest BCUT2D eigenvalue weighted by atomic mass is 10.1. The summed E-state index contributed by atoms with van der Waals surface area (Å²) in [6, 6.07) is 15.3. The summed E-state index contributed by atoms with van der Waals surface area (Å²) in [5.74, 6) is 1.15. The number of Topliss-reactive ketones (excluding diaryl/α,β-unsaturated/α-hetero) is 1. The third-order valence-electron chi connectivity index (χ3n) is 4.14. The molecular formula is C20H13NO5S. The maximum absolute atomic E-state index is 12.5. The molecule has 4 rings (SSSR count). The van der Waals surface area contributed by atoms with Crippen molar-refractivity contribution in [1.82, 2.24) is 0 Å². The Morgan fingerprint density at radius 2 is 1.93 bits per heavy atom. The van der Waals surface area contributed by atoms with E-state index in [1.165, 1.54) is 24.9 Å². The predicted molar refractivity (Wildman–Crippen MR) is 102 cm³/mol. The molecule has 3 aromatic rings. The van der Waals surface area contributed by atoms with E-state index in [1.54, 1.807) is 36.4 Å². The van der Waals surface area contributed by atoms with Crippen LogP contribution in [0.5, 0.6) is 5.75 Å². The number of rotatable bonds is 4. The van der Waals surface area contributed by atoms with E-state index >= 15 is 0 Å². The number of carbonyl (C=O) groups is 1. The van der Waals surface area contributed by atoms with Crippen LogP contribution < -0.4 is 4.74 Å². The van der Waals surface area contributed by atoms with Gasteiger partial charge < -0.3 is 9.15 Å². The summed E-state index contributed by atoms with van der Waals surface area (Å²) >= 11 is 1.38. The van der Waals surface area contributed by atoms with Crippen molar-refractivity contribution in [2.75, 3.05) is 7.11 Å². The Morgan fingerprint density at radius 1 is 1.11 bits per heavy atom. The van der Waals surface area contributed by atoms with E-state index in [9.17, 15) is 14.9 Å². The number of thioether (sulfide) groups is 1. The van der Waals surface area contributed by atoms with Gasteiger partial charge in [-0.15, -0.1) is 0 Å². The Balaban J connectivity index is 1.68. The van der Waals surface area contributed by atoms with Crippen LogP contribution in [-0.2, 0) is 0 Å². The van der Waals surface area contributed by atoms with Gasteiger partial charge in [0.1, 0.15) is 17.3 Å². The van der Waals surface area contributed by atoms with Crippen LogP contribution >= 0.6 is 11.8 Å². The third-order valence-corrected chi connectivity index (χ3v) is 5.24. The molecule has 0 bridgehead atoms. The van der Waals surface area contributed by atoms with Gasteiger partial charge in [0.25, 0.3) is 5.69 Å². The number of furan rings is 1. The van der Waals surface area contributed by atoms with Crippen LogP contribution in [0.25, 0.3) is 17.4 Å². The lowest BCUT2D eigenvalue weighted by Gasteiger charge is -2.03. The molecule has 2 heterocycles. The number of hydrogen-bond acceptors (Lipinski definition) is 6. The fourth-order valence-corrected chi connectivity index (χ4v) is 3.87. The van der Waals surface area contributed by atoms with E-state index in [0.29, 0.717) is 33.3 Å². The van der Waals surface area contributed by atoms with Crippen molar-refractivity contribution in [1.29, 1.82) is 0 Å². The Morgan fingerprint density at radius 3 is 2.67 bits per heavy atom. The van der Waals surface area contributed by atoms with E-state index in [0.717, 1.165) is 4.90 Å². The minimum Gasteiger partial charge on any atom is -0.497 e. The molecule has 0 saturated heterocycles. The summed E-state index contributed by atoms with van der Waals surface area (Å²) in [5.41, 5.74) is 0.909. The Kier molecular flexibility index (Phi) is 4.29. The van der Waals surface area contributed by atoms with Crippen molar-refractivity contribution in [3.8, 4) is 17.1 Å². The summed E-state index contributed by atoms with van der Waals surface area (Å²) in [6.45, 7) is 0. The van der Waals surface area contributed by atoms with E-state index in [1.807, 2.05) is 18.2 Å². The quantitative estimate of drug-likeness (QED) is 0.352. The largest absolute Gasteiger partial charge is 0.497 e. The third kappa shape index (κ3) is 3.13. The second kappa shape index (κ2) is 6.77. The van der Waals surface area contributed by atoms with Crippen LogP contribution in [0, 0.1) is 10.1 Å². The zero-order valence-electron chi connectivity index (χ0n) is 14.2. The highest BCUT2D eigenvalue weighted by atomic mass is 32.2. The van der Waals surface area contributed by atoms with Crippen molar-refractivity contribution >= 4 is 29.3 Å². The first-order valence-corrected chi connectivity index (χ1v) is 8.84. The molecule has 1 aliphatic heterocycles. The number of benzene rings is 2. The Bertz CT molecular complexity index is 1100. The summed E-state index contributed by atoms with van der Waals surface area (Å²) < 4.78 is 10.8. The fraction of sp³-hybridized carbons (Fsp3) is 0.0500. The topological polar surface area (TPSA) is 82.6 Å². The Hall–Kier alpha value is -3.32. The van der Waals surface area contributed by atoms with Gasteiger partial charge in [-0.3, -0.25) is 14.9 Å². The van der Waals surface area contributed by atoms with Gasteiger partial charge in [-0.1, -0.05) is 23.9 Å². The van der Waals surface area contributed by atoms with E-state index in [2.05, 4.69) is 0 Å². The molecule has 1 aliphatic rings. The number of nitro benzene ring substituents is 1. The monoisotopic (exact) mass is 379 g/mol. The average Bonchev–Trinajstić information content (AvgIpc) is 3.27. The van der Waals surface area contributed by atoms with Gasteiger partial charge >= 0.3 is 0 Å². The molecule has 0 unspecified atom stereocenters. The van der Waals surface area contributed by atoms with Crippen molar-refractivity contribution in [2.24, 2.45) is 0 Å². The minimum atomic E-state index is -0.481.